The molecule has 0 aromatic heterocycles. The molecule has 2 nitrogen and oxygen atoms in total. The van der Waals surface area contributed by atoms with Crippen LogP contribution in [0, 0.1) is 18.6 Å². The number of aryl methyl sites for hydroxylation is 1. The highest BCUT2D eigenvalue weighted by Crippen LogP contribution is 2.13. The van der Waals surface area contributed by atoms with E-state index in [0.29, 0.717) is 0 Å². The van der Waals surface area contributed by atoms with E-state index in [9.17, 15) is 8.78 Å². The van der Waals surface area contributed by atoms with Crippen LogP contribution in [-0.2, 0) is 0 Å². The van der Waals surface area contributed by atoms with Gasteiger partial charge in [0.15, 0.2) is 11.6 Å². The molecule has 0 saturated carbocycles. The minimum atomic E-state index is -0.993. The van der Waals surface area contributed by atoms with Gasteiger partial charge in [0.1, 0.15) is 0 Å². The molecule has 1 N–H and O–H groups in total. The third-order valence-electron chi connectivity index (χ3n) is 1.50. The average molecular weight is 171 g/mol. The van der Waals surface area contributed by atoms with Gasteiger partial charge in [0.05, 0.1) is 6.21 Å². The molecule has 0 amide bonds. The molecular formula is C8H7F2NO. The molecule has 0 aliphatic carbocycles. The molecule has 0 fully saturated rings. The maximum Gasteiger partial charge on any atom is 0.167 e. The van der Waals surface area contributed by atoms with Gasteiger partial charge >= 0.3 is 0 Å². The normalized spacial score (nSPS) is 10.9. The maximum atomic E-state index is 12.9. The smallest absolute Gasteiger partial charge is 0.167 e. The summed E-state index contributed by atoms with van der Waals surface area (Å²) in [5.74, 6) is -1.90. The number of rotatable bonds is 1. The molecule has 0 spiro atoms. The third kappa shape index (κ3) is 1.42. The molecule has 1 aromatic carbocycles. The van der Waals surface area contributed by atoms with Crippen molar-refractivity contribution in [2.24, 2.45) is 5.16 Å². The Labute approximate surface area is 68.1 Å². The topological polar surface area (TPSA) is 32.6 Å². The molecule has 0 saturated heterocycles. The van der Waals surface area contributed by atoms with E-state index in [-0.39, 0.29) is 11.1 Å². The summed E-state index contributed by atoms with van der Waals surface area (Å²) in [5, 5.41) is 10.7. The van der Waals surface area contributed by atoms with Crippen LogP contribution in [0.5, 0.6) is 0 Å². The lowest BCUT2D eigenvalue weighted by molar-refractivity contribution is 0.321. The van der Waals surface area contributed by atoms with E-state index in [2.05, 4.69) is 5.16 Å². The van der Waals surface area contributed by atoms with Crippen LogP contribution in [-0.4, -0.2) is 11.4 Å². The molecule has 0 aliphatic rings. The van der Waals surface area contributed by atoms with Gasteiger partial charge in [-0.3, -0.25) is 0 Å². The Morgan fingerprint density at radius 2 is 2.00 bits per heavy atom. The molecule has 1 aromatic rings. The zero-order valence-electron chi connectivity index (χ0n) is 6.38. The Morgan fingerprint density at radius 3 is 2.58 bits per heavy atom. The van der Waals surface area contributed by atoms with E-state index in [1.807, 2.05) is 0 Å². The minimum Gasteiger partial charge on any atom is -0.411 e. The van der Waals surface area contributed by atoms with Crippen molar-refractivity contribution in [3.05, 3.63) is 34.9 Å². The number of oxime groups is 1. The van der Waals surface area contributed by atoms with Crippen molar-refractivity contribution in [3.8, 4) is 0 Å². The molecule has 12 heavy (non-hydrogen) atoms. The first-order valence-corrected chi connectivity index (χ1v) is 3.29. The van der Waals surface area contributed by atoms with Gasteiger partial charge in [0, 0.05) is 5.56 Å². The van der Waals surface area contributed by atoms with E-state index in [4.69, 9.17) is 5.21 Å². The summed E-state index contributed by atoms with van der Waals surface area (Å²) < 4.78 is 25.7. The van der Waals surface area contributed by atoms with E-state index in [1.165, 1.54) is 19.1 Å². The van der Waals surface area contributed by atoms with Crippen LogP contribution >= 0.6 is 0 Å². The number of hydrogen-bond donors (Lipinski definition) is 1. The van der Waals surface area contributed by atoms with Crippen molar-refractivity contribution < 1.29 is 14.0 Å². The van der Waals surface area contributed by atoms with Crippen LogP contribution in [0.15, 0.2) is 17.3 Å². The number of benzene rings is 1. The third-order valence-corrected chi connectivity index (χ3v) is 1.50. The zero-order chi connectivity index (χ0) is 9.14. The predicted molar refractivity (Wildman–Crippen MR) is 40.5 cm³/mol. The molecule has 0 heterocycles. The van der Waals surface area contributed by atoms with Gasteiger partial charge in [0.2, 0.25) is 0 Å². The van der Waals surface area contributed by atoms with E-state index in [1.54, 1.807) is 0 Å². The first kappa shape index (κ1) is 8.64. The lowest BCUT2D eigenvalue weighted by Gasteiger charge is -1.99. The van der Waals surface area contributed by atoms with Gasteiger partial charge in [-0.05, 0) is 18.6 Å². The number of halogens is 2. The summed E-state index contributed by atoms with van der Waals surface area (Å²) in [6.45, 7) is 1.46. The second-order valence-corrected chi connectivity index (χ2v) is 2.34. The zero-order valence-corrected chi connectivity index (χ0v) is 6.38. The van der Waals surface area contributed by atoms with Crippen molar-refractivity contribution in [1.82, 2.24) is 0 Å². The van der Waals surface area contributed by atoms with Gasteiger partial charge in [-0.15, -0.1) is 0 Å². The predicted octanol–water partition coefficient (Wildman–Crippen LogP) is 2.08. The fraction of sp³-hybridized carbons (Fsp3) is 0.125. The first-order valence-electron chi connectivity index (χ1n) is 3.29. The van der Waals surface area contributed by atoms with Crippen LogP contribution < -0.4 is 0 Å². The van der Waals surface area contributed by atoms with Gasteiger partial charge in [0.25, 0.3) is 0 Å². The van der Waals surface area contributed by atoms with Gasteiger partial charge in [-0.2, -0.15) is 0 Å². The van der Waals surface area contributed by atoms with E-state index in [0.717, 1.165) is 6.21 Å². The van der Waals surface area contributed by atoms with Crippen LogP contribution in [0.1, 0.15) is 11.1 Å². The summed E-state index contributed by atoms with van der Waals surface area (Å²) >= 11 is 0. The maximum absolute atomic E-state index is 12.9. The summed E-state index contributed by atoms with van der Waals surface area (Å²) in [6.07, 6.45) is 0.845. The average Bonchev–Trinajstić information content (AvgIpc) is 2.07. The van der Waals surface area contributed by atoms with Gasteiger partial charge in [-0.25, -0.2) is 8.78 Å². The lowest BCUT2D eigenvalue weighted by atomic mass is 10.1. The molecule has 0 radical (unpaired) electrons. The Kier molecular flexibility index (Phi) is 2.38. The van der Waals surface area contributed by atoms with Crippen molar-refractivity contribution >= 4 is 6.21 Å². The second-order valence-electron chi connectivity index (χ2n) is 2.34. The summed E-state index contributed by atoms with van der Waals surface area (Å²) in [6, 6.07) is 2.75. The molecule has 64 valence electrons. The summed E-state index contributed by atoms with van der Waals surface area (Å²) in [7, 11) is 0. The Hall–Kier alpha value is -1.45. The standard InChI is InChI=1S/C8H7F2NO/c1-5-2-3-6(4-11-12)8(10)7(5)9/h2-4,12H,1H3/b11-4-. The molecule has 1 rings (SSSR count). The number of nitrogens with zero attached hydrogens (tertiary/aromatic N) is 1. The van der Waals surface area contributed by atoms with Crippen molar-refractivity contribution in [3.63, 3.8) is 0 Å². The van der Waals surface area contributed by atoms with Crippen molar-refractivity contribution in [1.29, 1.82) is 0 Å². The summed E-state index contributed by atoms with van der Waals surface area (Å²) in [4.78, 5) is 0. The Morgan fingerprint density at radius 1 is 1.33 bits per heavy atom. The molecule has 0 unspecified atom stereocenters. The second kappa shape index (κ2) is 3.30. The highest BCUT2D eigenvalue weighted by atomic mass is 19.2. The Balaban J connectivity index is 3.26. The van der Waals surface area contributed by atoms with Gasteiger partial charge in [-0.1, -0.05) is 11.2 Å². The van der Waals surface area contributed by atoms with Crippen molar-refractivity contribution in [2.75, 3.05) is 0 Å². The quantitative estimate of drug-likeness (QED) is 0.391. The highest BCUT2D eigenvalue weighted by Gasteiger charge is 2.08. The fourth-order valence-corrected chi connectivity index (χ4v) is 0.823. The molecule has 0 bridgehead atoms. The van der Waals surface area contributed by atoms with Crippen LogP contribution in [0.4, 0.5) is 8.78 Å². The fourth-order valence-electron chi connectivity index (χ4n) is 0.823. The molecule has 0 atom stereocenters. The molecular weight excluding hydrogens is 164 g/mol. The molecule has 0 aliphatic heterocycles. The number of hydrogen-bond acceptors (Lipinski definition) is 2. The van der Waals surface area contributed by atoms with Crippen LogP contribution in [0.2, 0.25) is 0 Å². The van der Waals surface area contributed by atoms with Crippen LogP contribution in [0.25, 0.3) is 0 Å². The largest absolute Gasteiger partial charge is 0.411 e. The van der Waals surface area contributed by atoms with Crippen molar-refractivity contribution in [2.45, 2.75) is 6.92 Å². The van der Waals surface area contributed by atoms with Gasteiger partial charge < -0.3 is 5.21 Å². The highest BCUT2D eigenvalue weighted by molar-refractivity contribution is 5.79. The lowest BCUT2D eigenvalue weighted by Crippen LogP contribution is -1.95. The van der Waals surface area contributed by atoms with E-state index < -0.39 is 11.6 Å². The summed E-state index contributed by atoms with van der Waals surface area (Å²) in [5.41, 5.74) is 0.156. The minimum absolute atomic E-state index is 0.0689. The van der Waals surface area contributed by atoms with Crippen LogP contribution in [0.3, 0.4) is 0 Å². The SMILES string of the molecule is Cc1ccc(/C=N\O)c(F)c1F. The first-order chi connectivity index (χ1) is 5.66. The molecule has 4 heteroatoms. The Bertz CT molecular complexity index is 323. The van der Waals surface area contributed by atoms with E-state index >= 15 is 0 Å². The monoisotopic (exact) mass is 171 g/mol.